The number of anilines is 1. The van der Waals surface area contributed by atoms with Gasteiger partial charge in [-0.25, -0.2) is 0 Å². The maximum atomic E-state index is 6.41. The normalized spacial score (nSPS) is 21.5. The summed E-state index contributed by atoms with van der Waals surface area (Å²) >= 11 is 12.8. The third-order valence-corrected chi connectivity index (χ3v) is 4.53. The summed E-state index contributed by atoms with van der Waals surface area (Å²) in [5.41, 5.74) is 0.814. The molecule has 0 unspecified atom stereocenters. The first kappa shape index (κ1) is 14.0. The summed E-state index contributed by atoms with van der Waals surface area (Å²) < 4.78 is 0. The lowest BCUT2D eigenvalue weighted by Crippen LogP contribution is -2.43. The Balaban J connectivity index is 2.12. The maximum Gasteiger partial charge on any atom is 0.201 e. The van der Waals surface area contributed by atoms with Crippen LogP contribution < -0.4 is 4.90 Å². The molecule has 3 rings (SSSR count). The number of para-hydroxylation sites is 1. The standard InChI is InChI=1S/C15H19Cl2N3/c1-15(2)10-19-9-4-3-8-18-14(19)20(15)13-11(16)6-5-7-12(13)17/h5-7H,3-4,8-10H2,1-2H3. The first-order valence-electron chi connectivity index (χ1n) is 7.04. The summed E-state index contributed by atoms with van der Waals surface area (Å²) in [6.07, 6.45) is 2.33. The molecule has 20 heavy (non-hydrogen) atoms. The maximum absolute atomic E-state index is 6.41. The summed E-state index contributed by atoms with van der Waals surface area (Å²) in [5.74, 6) is 1.02. The number of hydrogen-bond donors (Lipinski definition) is 0. The van der Waals surface area contributed by atoms with Crippen molar-refractivity contribution in [3.8, 4) is 0 Å². The van der Waals surface area contributed by atoms with E-state index < -0.39 is 0 Å². The van der Waals surface area contributed by atoms with E-state index in [-0.39, 0.29) is 5.54 Å². The van der Waals surface area contributed by atoms with Crippen LogP contribution in [0.4, 0.5) is 5.69 Å². The first-order chi connectivity index (χ1) is 9.50. The fraction of sp³-hybridized carbons (Fsp3) is 0.533. The summed E-state index contributed by atoms with van der Waals surface area (Å²) in [6, 6.07) is 5.65. The highest BCUT2D eigenvalue weighted by molar-refractivity contribution is 6.40. The highest BCUT2D eigenvalue weighted by Crippen LogP contribution is 2.41. The lowest BCUT2D eigenvalue weighted by molar-refractivity contribution is 0.385. The van der Waals surface area contributed by atoms with Gasteiger partial charge in [0.1, 0.15) is 0 Å². The molecule has 0 aromatic heterocycles. The van der Waals surface area contributed by atoms with E-state index in [2.05, 4.69) is 23.6 Å². The third-order valence-electron chi connectivity index (χ3n) is 3.92. The molecule has 0 radical (unpaired) electrons. The Hall–Kier alpha value is -0.930. The Bertz CT molecular complexity index is 534. The van der Waals surface area contributed by atoms with Gasteiger partial charge < -0.3 is 9.80 Å². The Morgan fingerprint density at radius 2 is 1.85 bits per heavy atom. The first-order valence-corrected chi connectivity index (χ1v) is 7.80. The molecule has 1 aromatic carbocycles. The van der Waals surface area contributed by atoms with Gasteiger partial charge in [0.2, 0.25) is 5.96 Å². The van der Waals surface area contributed by atoms with Crippen LogP contribution in [0.15, 0.2) is 23.2 Å². The molecule has 2 heterocycles. The van der Waals surface area contributed by atoms with Crippen molar-refractivity contribution in [1.29, 1.82) is 0 Å². The molecule has 3 nitrogen and oxygen atoms in total. The number of nitrogens with zero attached hydrogens (tertiary/aromatic N) is 3. The van der Waals surface area contributed by atoms with Crippen molar-refractivity contribution in [3.63, 3.8) is 0 Å². The number of fused-ring (bicyclic) bond motifs is 1. The fourth-order valence-corrected chi connectivity index (χ4v) is 3.64. The summed E-state index contributed by atoms with van der Waals surface area (Å²) in [4.78, 5) is 9.34. The molecule has 0 N–H and O–H groups in total. The van der Waals surface area contributed by atoms with Crippen molar-refractivity contribution in [3.05, 3.63) is 28.2 Å². The Morgan fingerprint density at radius 3 is 2.55 bits per heavy atom. The minimum absolute atomic E-state index is 0.0647. The van der Waals surface area contributed by atoms with Crippen molar-refractivity contribution in [2.75, 3.05) is 24.5 Å². The van der Waals surface area contributed by atoms with Crippen LogP contribution in [-0.4, -0.2) is 36.0 Å². The van der Waals surface area contributed by atoms with Gasteiger partial charge in [-0.2, -0.15) is 0 Å². The molecule has 0 aliphatic carbocycles. The Kier molecular flexibility index (Phi) is 3.59. The van der Waals surface area contributed by atoms with Gasteiger partial charge in [0, 0.05) is 19.6 Å². The molecule has 2 aliphatic heterocycles. The molecule has 0 saturated carbocycles. The molecule has 0 atom stereocenters. The van der Waals surface area contributed by atoms with Gasteiger partial charge in [-0.15, -0.1) is 0 Å². The third kappa shape index (κ3) is 2.27. The zero-order chi connectivity index (χ0) is 14.3. The van der Waals surface area contributed by atoms with Crippen LogP contribution in [0.3, 0.4) is 0 Å². The van der Waals surface area contributed by atoms with Gasteiger partial charge in [0.15, 0.2) is 0 Å². The average Bonchev–Trinajstić information content (AvgIpc) is 2.52. The number of halogens is 2. The van der Waals surface area contributed by atoms with Crippen molar-refractivity contribution < 1.29 is 0 Å². The molecule has 0 spiro atoms. The van der Waals surface area contributed by atoms with Gasteiger partial charge in [-0.1, -0.05) is 29.3 Å². The van der Waals surface area contributed by atoms with Crippen LogP contribution in [0.5, 0.6) is 0 Å². The van der Waals surface area contributed by atoms with Crippen LogP contribution in [0.1, 0.15) is 26.7 Å². The lowest BCUT2D eigenvalue weighted by atomic mass is 10.0. The average molecular weight is 312 g/mol. The minimum atomic E-state index is -0.0647. The van der Waals surface area contributed by atoms with Gasteiger partial charge in [0.25, 0.3) is 0 Å². The SMILES string of the molecule is CC1(C)CN2CCCCN=C2N1c1c(Cl)cccc1Cl. The predicted octanol–water partition coefficient (Wildman–Crippen LogP) is 4.04. The van der Waals surface area contributed by atoms with E-state index >= 15 is 0 Å². The molecule has 1 fully saturated rings. The van der Waals surface area contributed by atoms with E-state index in [1.165, 1.54) is 6.42 Å². The van der Waals surface area contributed by atoms with Crippen molar-refractivity contribution in [2.45, 2.75) is 32.2 Å². The second-order valence-electron chi connectivity index (χ2n) is 6.03. The quantitative estimate of drug-likeness (QED) is 0.779. The summed E-state index contributed by atoms with van der Waals surface area (Å²) in [6.45, 7) is 7.31. The van der Waals surface area contributed by atoms with Crippen LogP contribution >= 0.6 is 23.2 Å². The Morgan fingerprint density at radius 1 is 1.15 bits per heavy atom. The largest absolute Gasteiger partial charge is 0.340 e. The van der Waals surface area contributed by atoms with E-state index in [4.69, 9.17) is 28.2 Å². The zero-order valence-electron chi connectivity index (χ0n) is 11.9. The van der Waals surface area contributed by atoms with Crippen molar-refractivity contribution >= 4 is 34.8 Å². The molecule has 5 heteroatoms. The highest BCUT2D eigenvalue weighted by atomic mass is 35.5. The fourth-order valence-electron chi connectivity index (χ4n) is 3.07. The summed E-state index contributed by atoms with van der Waals surface area (Å²) in [5, 5.41) is 1.36. The van der Waals surface area contributed by atoms with E-state index in [0.29, 0.717) is 10.0 Å². The molecule has 108 valence electrons. The Labute approximate surface area is 130 Å². The molecule has 1 aromatic rings. The molecule has 0 amide bonds. The number of hydrogen-bond acceptors (Lipinski definition) is 3. The van der Waals surface area contributed by atoms with E-state index in [0.717, 1.165) is 37.7 Å². The minimum Gasteiger partial charge on any atom is -0.340 e. The summed E-state index contributed by atoms with van der Waals surface area (Å²) in [7, 11) is 0. The molecule has 1 saturated heterocycles. The molecular weight excluding hydrogens is 293 g/mol. The second kappa shape index (κ2) is 5.12. The van der Waals surface area contributed by atoms with Crippen LogP contribution in [-0.2, 0) is 0 Å². The van der Waals surface area contributed by atoms with E-state index in [1.807, 2.05) is 18.2 Å². The number of aliphatic imine (C=N–C) groups is 1. The monoisotopic (exact) mass is 311 g/mol. The van der Waals surface area contributed by atoms with Crippen LogP contribution in [0, 0.1) is 0 Å². The zero-order valence-corrected chi connectivity index (χ0v) is 13.4. The highest BCUT2D eigenvalue weighted by Gasteiger charge is 2.43. The van der Waals surface area contributed by atoms with Gasteiger partial charge in [-0.05, 0) is 38.8 Å². The van der Waals surface area contributed by atoms with E-state index in [1.54, 1.807) is 0 Å². The predicted molar refractivity (Wildman–Crippen MR) is 86.1 cm³/mol. The van der Waals surface area contributed by atoms with Crippen LogP contribution in [0.25, 0.3) is 0 Å². The molecule has 0 bridgehead atoms. The lowest BCUT2D eigenvalue weighted by Gasteiger charge is -2.33. The van der Waals surface area contributed by atoms with Gasteiger partial charge in [0.05, 0.1) is 21.3 Å². The van der Waals surface area contributed by atoms with Crippen molar-refractivity contribution in [1.82, 2.24) is 4.90 Å². The topological polar surface area (TPSA) is 18.8 Å². The molecular formula is C15H19Cl2N3. The number of guanidine groups is 1. The van der Waals surface area contributed by atoms with Gasteiger partial charge >= 0.3 is 0 Å². The molecule has 2 aliphatic rings. The van der Waals surface area contributed by atoms with E-state index in [9.17, 15) is 0 Å². The number of benzene rings is 1. The van der Waals surface area contributed by atoms with Crippen molar-refractivity contribution in [2.24, 2.45) is 4.99 Å². The van der Waals surface area contributed by atoms with Gasteiger partial charge in [-0.3, -0.25) is 4.99 Å². The number of rotatable bonds is 1. The smallest absolute Gasteiger partial charge is 0.201 e. The second-order valence-corrected chi connectivity index (χ2v) is 6.84. The van der Waals surface area contributed by atoms with Crippen LogP contribution in [0.2, 0.25) is 10.0 Å².